The summed E-state index contributed by atoms with van der Waals surface area (Å²) in [7, 11) is 3.80. The summed E-state index contributed by atoms with van der Waals surface area (Å²) in [4.78, 5) is 14.1. The molecule has 2 rings (SSSR count). The lowest BCUT2D eigenvalue weighted by Gasteiger charge is -2.28. The number of aliphatic hydroxyl groups is 2. The molecule has 0 aromatic carbocycles. The molecule has 2 N–H and O–H groups in total. The van der Waals surface area contributed by atoms with Gasteiger partial charge in [0.15, 0.2) is 0 Å². The maximum absolute atomic E-state index is 12.2. The van der Waals surface area contributed by atoms with Crippen molar-refractivity contribution in [3.05, 3.63) is 23.8 Å². The van der Waals surface area contributed by atoms with E-state index in [-0.39, 0.29) is 17.8 Å². The van der Waals surface area contributed by atoms with Crippen LogP contribution >= 0.6 is 0 Å². The summed E-state index contributed by atoms with van der Waals surface area (Å²) >= 11 is 0. The zero-order valence-corrected chi connectivity index (χ0v) is 13.7. The van der Waals surface area contributed by atoms with Crippen molar-refractivity contribution >= 4 is 5.97 Å². The van der Waals surface area contributed by atoms with Gasteiger partial charge < -0.3 is 19.8 Å². The molecule has 2 unspecified atom stereocenters. The molecular weight excluding hydrogens is 282 g/mol. The topological polar surface area (TPSA) is 70.0 Å². The minimum absolute atomic E-state index is 0.268. The molecule has 0 saturated carbocycles. The van der Waals surface area contributed by atoms with Crippen molar-refractivity contribution in [1.82, 2.24) is 4.90 Å². The highest BCUT2D eigenvalue weighted by molar-refractivity contribution is 5.76. The summed E-state index contributed by atoms with van der Waals surface area (Å²) < 4.78 is 5.51. The molecule has 0 aromatic rings. The standard InChI is InChI=1S/C17H27NO4/c1-10-5-6-13(19)11(2)8-15-16(14(20)7-10)12(9-18(3)4)17(21)22-15/h7,12-16,19-20H,2,5-6,8-9H2,1,3-4H3/b10-7+/t12?,13-,14+,15-,16?/m0/s1. The van der Waals surface area contributed by atoms with Crippen molar-refractivity contribution < 1.29 is 19.7 Å². The van der Waals surface area contributed by atoms with Gasteiger partial charge in [-0.1, -0.05) is 18.2 Å². The van der Waals surface area contributed by atoms with Gasteiger partial charge in [0.05, 0.1) is 18.1 Å². The van der Waals surface area contributed by atoms with Crippen LogP contribution in [-0.4, -0.2) is 60.0 Å². The Morgan fingerprint density at radius 1 is 1.41 bits per heavy atom. The molecule has 1 saturated heterocycles. The number of allylic oxidation sites excluding steroid dienone is 1. The number of fused-ring (bicyclic) bond motifs is 1. The summed E-state index contributed by atoms with van der Waals surface area (Å²) in [6, 6.07) is 0. The Bertz CT molecular complexity index is 471. The molecule has 0 amide bonds. The largest absolute Gasteiger partial charge is 0.461 e. The van der Waals surface area contributed by atoms with Gasteiger partial charge in [-0.3, -0.25) is 4.79 Å². The number of rotatable bonds is 2. The number of hydrogen-bond donors (Lipinski definition) is 2. The van der Waals surface area contributed by atoms with E-state index in [9.17, 15) is 15.0 Å². The van der Waals surface area contributed by atoms with E-state index in [2.05, 4.69) is 6.58 Å². The summed E-state index contributed by atoms with van der Waals surface area (Å²) in [5.74, 6) is -0.925. The van der Waals surface area contributed by atoms with E-state index in [1.807, 2.05) is 32.0 Å². The summed E-state index contributed by atoms with van der Waals surface area (Å²) in [5.41, 5.74) is 1.69. The van der Waals surface area contributed by atoms with Gasteiger partial charge >= 0.3 is 5.97 Å². The Hall–Kier alpha value is -1.17. The second-order valence-electron chi connectivity index (χ2n) is 6.84. The number of carbonyl (C=O) groups is 1. The molecule has 22 heavy (non-hydrogen) atoms. The lowest BCUT2D eigenvalue weighted by Crippen LogP contribution is -2.38. The Balaban J connectivity index is 2.31. The Labute approximate surface area is 132 Å². The van der Waals surface area contributed by atoms with Gasteiger partial charge in [-0.05, 0) is 39.4 Å². The van der Waals surface area contributed by atoms with E-state index in [0.717, 1.165) is 5.57 Å². The van der Waals surface area contributed by atoms with E-state index < -0.39 is 18.3 Å². The molecule has 1 aliphatic carbocycles. The lowest BCUT2D eigenvalue weighted by molar-refractivity contribution is -0.144. The highest BCUT2D eigenvalue weighted by Crippen LogP contribution is 2.37. The molecule has 1 fully saturated rings. The molecule has 0 spiro atoms. The molecule has 5 atom stereocenters. The van der Waals surface area contributed by atoms with Gasteiger partial charge in [0.2, 0.25) is 0 Å². The third-order valence-electron chi connectivity index (χ3n) is 4.62. The molecule has 1 heterocycles. The second-order valence-corrected chi connectivity index (χ2v) is 6.84. The van der Waals surface area contributed by atoms with Gasteiger partial charge in [-0.15, -0.1) is 0 Å². The van der Waals surface area contributed by atoms with Gasteiger partial charge in [0.25, 0.3) is 0 Å². The third-order valence-corrected chi connectivity index (χ3v) is 4.62. The van der Waals surface area contributed by atoms with Crippen LogP contribution in [0.2, 0.25) is 0 Å². The third kappa shape index (κ3) is 3.77. The molecule has 0 radical (unpaired) electrons. The molecule has 5 nitrogen and oxygen atoms in total. The first-order valence-corrected chi connectivity index (χ1v) is 7.86. The van der Waals surface area contributed by atoms with Crippen molar-refractivity contribution in [3.8, 4) is 0 Å². The highest BCUT2D eigenvalue weighted by Gasteiger charge is 2.48. The van der Waals surface area contributed by atoms with Crippen LogP contribution in [0.5, 0.6) is 0 Å². The summed E-state index contributed by atoms with van der Waals surface area (Å²) in [5, 5.41) is 20.7. The highest BCUT2D eigenvalue weighted by atomic mass is 16.6. The first-order chi connectivity index (χ1) is 10.3. The van der Waals surface area contributed by atoms with Crippen LogP contribution in [0.15, 0.2) is 23.8 Å². The maximum Gasteiger partial charge on any atom is 0.311 e. The molecule has 0 aromatic heterocycles. The number of carbonyl (C=O) groups excluding carboxylic acids is 1. The average molecular weight is 309 g/mol. The first-order valence-electron chi connectivity index (χ1n) is 7.86. The van der Waals surface area contributed by atoms with E-state index >= 15 is 0 Å². The number of esters is 1. The molecule has 5 heteroatoms. The van der Waals surface area contributed by atoms with Crippen LogP contribution < -0.4 is 0 Å². The summed E-state index contributed by atoms with van der Waals surface area (Å²) in [6.07, 6.45) is 1.78. The van der Waals surface area contributed by atoms with E-state index in [1.54, 1.807) is 0 Å². The quantitative estimate of drug-likeness (QED) is 0.591. The second kappa shape index (κ2) is 6.94. The van der Waals surface area contributed by atoms with Crippen LogP contribution in [0.3, 0.4) is 0 Å². The van der Waals surface area contributed by atoms with E-state index in [1.165, 1.54) is 0 Å². The minimum Gasteiger partial charge on any atom is -0.461 e. The fourth-order valence-electron chi connectivity index (χ4n) is 3.41. The van der Waals surface area contributed by atoms with Gasteiger partial charge in [0, 0.05) is 18.9 Å². The Morgan fingerprint density at radius 2 is 2.09 bits per heavy atom. The Morgan fingerprint density at radius 3 is 2.73 bits per heavy atom. The monoisotopic (exact) mass is 309 g/mol. The fraction of sp³-hybridized carbons (Fsp3) is 0.706. The van der Waals surface area contributed by atoms with Crippen molar-refractivity contribution in [1.29, 1.82) is 0 Å². The zero-order valence-electron chi connectivity index (χ0n) is 13.7. The van der Waals surface area contributed by atoms with Crippen molar-refractivity contribution in [2.45, 2.75) is 44.5 Å². The molecular formula is C17H27NO4. The maximum atomic E-state index is 12.2. The number of nitrogens with zero attached hydrogens (tertiary/aromatic N) is 1. The van der Waals surface area contributed by atoms with Crippen LogP contribution in [0.4, 0.5) is 0 Å². The lowest BCUT2D eigenvalue weighted by atomic mass is 9.80. The first kappa shape index (κ1) is 17.2. The number of ether oxygens (including phenoxy) is 1. The zero-order chi connectivity index (χ0) is 16.4. The Kier molecular flexibility index (Phi) is 5.42. The van der Waals surface area contributed by atoms with Crippen LogP contribution in [-0.2, 0) is 9.53 Å². The van der Waals surface area contributed by atoms with Gasteiger partial charge in [-0.2, -0.15) is 0 Å². The SMILES string of the molecule is C=C1C[C@@H]2OC(=O)C(CN(C)C)C2[C@H](O)/C=C(\C)CC[C@@H]1O. The van der Waals surface area contributed by atoms with E-state index in [0.29, 0.717) is 31.4 Å². The molecule has 124 valence electrons. The van der Waals surface area contributed by atoms with Crippen molar-refractivity contribution in [2.75, 3.05) is 20.6 Å². The van der Waals surface area contributed by atoms with Crippen LogP contribution in [0, 0.1) is 11.8 Å². The average Bonchev–Trinajstić information content (AvgIpc) is 2.70. The fourth-order valence-corrected chi connectivity index (χ4v) is 3.41. The molecule has 2 aliphatic rings. The van der Waals surface area contributed by atoms with Crippen LogP contribution in [0.1, 0.15) is 26.2 Å². The normalized spacial score (nSPS) is 39.2. The van der Waals surface area contributed by atoms with E-state index in [4.69, 9.17) is 4.74 Å². The number of hydrogen-bond acceptors (Lipinski definition) is 5. The summed E-state index contributed by atoms with van der Waals surface area (Å²) in [6.45, 7) is 6.42. The number of aliphatic hydroxyl groups excluding tert-OH is 2. The van der Waals surface area contributed by atoms with Gasteiger partial charge in [-0.25, -0.2) is 0 Å². The van der Waals surface area contributed by atoms with Crippen LogP contribution in [0.25, 0.3) is 0 Å². The predicted octanol–water partition coefficient (Wildman–Crippen LogP) is 1.11. The molecule has 0 bridgehead atoms. The molecule has 1 aliphatic heterocycles. The van der Waals surface area contributed by atoms with Gasteiger partial charge in [0.1, 0.15) is 6.10 Å². The smallest absolute Gasteiger partial charge is 0.311 e. The van der Waals surface area contributed by atoms with Crippen molar-refractivity contribution in [2.24, 2.45) is 11.8 Å². The predicted molar refractivity (Wildman–Crippen MR) is 84.2 cm³/mol. The minimum atomic E-state index is -0.718. The van der Waals surface area contributed by atoms with Crippen molar-refractivity contribution in [3.63, 3.8) is 0 Å².